The number of hydrogen-bond acceptors (Lipinski definition) is 4. The molecule has 2 aliphatic carbocycles. The molecule has 3 aromatic rings. The Balaban J connectivity index is 1.48. The minimum Gasteiger partial charge on any atom is -0.395 e. The number of nitrogens with zero attached hydrogens (tertiary/aromatic N) is 1. The second-order valence-corrected chi connectivity index (χ2v) is 11.6. The number of aromatic nitrogens is 1. The van der Waals surface area contributed by atoms with Crippen LogP contribution in [0.2, 0.25) is 0 Å². The summed E-state index contributed by atoms with van der Waals surface area (Å²) in [6.07, 6.45) is 9.52. The molecule has 2 fully saturated rings. The van der Waals surface area contributed by atoms with E-state index in [1.165, 1.54) is 48.9 Å². The molecule has 0 unspecified atom stereocenters. The quantitative estimate of drug-likeness (QED) is 0.480. The van der Waals surface area contributed by atoms with Crippen LogP contribution < -0.4 is 0 Å². The van der Waals surface area contributed by atoms with E-state index in [1.807, 2.05) is 24.4 Å². The highest BCUT2D eigenvalue weighted by Crippen LogP contribution is 2.56. The third-order valence-corrected chi connectivity index (χ3v) is 9.01. The largest absolute Gasteiger partial charge is 0.395 e. The molecule has 4 nitrogen and oxygen atoms in total. The summed E-state index contributed by atoms with van der Waals surface area (Å²) < 4.78 is 24.5. The zero-order valence-electron chi connectivity index (χ0n) is 18.9. The minimum atomic E-state index is -3.44. The first-order valence-electron chi connectivity index (χ1n) is 12.1. The van der Waals surface area contributed by atoms with Gasteiger partial charge in [0.1, 0.15) is 0 Å². The van der Waals surface area contributed by atoms with E-state index in [0.29, 0.717) is 17.8 Å². The van der Waals surface area contributed by atoms with Gasteiger partial charge in [0.15, 0.2) is 9.84 Å². The number of hydrogen-bond donors (Lipinski definition) is 1. The van der Waals surface area contributed by atoms with Gasteiger partial charge in [-0.15, -0.1) is 0 Å². The molecule has 0 aliphatic heterocycles. The maximum absolute atomic E-state index is 12.3. The Kier molecular flexibility index (Phi) is 6.35. The second kappa shape index (κ2) is 9.40. The highest BCUT2D eigenvalue weighted by Gasteiger charge is 2.42. The van der Waals surface area contributed by atoms with E-state index in [-0.39, 0.29) is 17.3 Å². The van der Waals surface area contributed by atoms with Crippen LogP contribution in [0, 0.1) is 0 Å². The maximum Gasteiger partial charge on any atom is 0.180 e. The minimum absolute atomic E-state index is 0.247. The lowest BCUT2D eigenvalue weighted by molar-refractivity contribution is 0.319. The Morgan fingerprint density at radius 3 is 2.30 bits per heavy atom. The van der Waals surface area contributed by atoms with Gasteiger partial charge in [0.2, 0.25) is 0 Å². The average Bonchev–Trinajstić information content (AvgIpc) is 3.66. The van der Waals surface area contributed by atoms with Crippen LogP contribution >= 0.6 is 0 Å². The van der Waals surface area contributed by atoms with Crippen molar-refractivity contribution >= 4 is 9.84 Å². The van der Waals surface area contributed by atoms with E-state index < -0.39 is 9.84 Å². The first-order valence-corrected chi connectivity index (χ1v) is 13.7. The van der Waals surface area contributed by atoms with Crippen molar-refractivity contribution in [2.45, 2.75) is 61.2 Å². The van der Waals surface area contributed by atoms with Gasteiger partial charge in [-0.2, -0.15) is 0 Å². The molecule has 2 saturated carbocycles. The van der Waals surface area contributed by atoms with Crippen LogP contribution in [0.25, 0.3) is 11.1 Å². The predicted molar refractivity (Wildman–Crippen MR) is 131 cm³/mol. The van der Waals surface area contributed by atoms with Gasteiger partial charge >= 0.3 is 0 Å². The van der Waals surface area contributed by atoms with Crippen LogP contribution in [0.1, 0.15) is 73.1 Å². The summed E-state index contributed by atoms with van der Waals surface area (Å²) in [5.41, 5.74) is 6.28. The highest BCUT2D eigenvalue weighted by molar-refractivity contribution is 7.91. The van der Waals surface area contributed by atoms with Crippen LogP contribution in [0.4, 0.5) is 0 Å². The van der Waals surface area contributed by atoms with Gasteiger partial charge in [0, 0.05) is 17.8 Å². The van der Waals surface area contributed by atoms with Gasteiger partial charge in [0.25, 0.3) is 0 Å². The molecule has 2 atom stereocenters. The molecular formula is C28H31NO3S. The standard InChI is InChI=1S/C28H31NO3S/c30-16-17-33(31,32)23-12-9-20(10-13-23)22-11-14-24(21-6-2-1-3-7-21)25(18-22)26-19-27(26)28-8-4-5-15-29-28/h4-5,8-15,18,21,26-27,30H,1-3,6-7,16-17,19H2/t26-,27-/m0/s1. The van der Waals surface area contributed by atoms with E-state index in [0.717, 1.165) is 17.5 Å². The Morgan fingerprint density at radius 1 is 0.848 bits per heavy atom. The number of aliphatic hydroxyl groups is 1. The monoisotopic (exact) mass is 461 g/mol. The van der Waals surface area contributed by atoms with Gasteiger partial charge in [-0.3, -0.25) is 4.98 Å². The summed E-state index contributed by atoms with van der Waals surface area (Å²) in [4.78, 5) is 4.87. The zero-order chi connectivity index (χ0) is 22.8. The average molecular weight is 462 g/mol. The lowest BCUT2D eigenvalue weighted by Gasteiger charge is -2.25. The van der Waals surface area contributed by atoms with Crippen LogP contribution in [-0.2, 0) is 9.84 Å². The molecule has 1 aromatic heterocycles. The molecule has 5 rings (SSSR count). The number of aliphatic hydroxyl groups excluding tert-OH is 1. The van der Waals surface area contributed by atoms with Crippen LogP contribution in [0.5, 0.6) is 0 Å². The molecule has 1 heterocycles. The summed E-state index contributed by atoms with van der Waals surface area (Å²) in [5, 5.41) is 9.04. The SMILES string of the molecule is O=S(=O)(CCO)c1ccc(-c2ccc(C3CCCCC3)c([C@@H]3C[C@@H]3c3ccccn3)c2)cc1. The van der Waals surface area contributed by atoms with Gasteiger partial charge in [-0.05, 0) is 77.6 Å². The molecule has 2 aliphatic rings. The van der Waals surface area contributed by atoms with Crippen molar-refractivity contribution in [3.8, 4) is 11.1 Å². The van der Waals surface area contributed by atoms with Gasteiger partial charge in [-0.25, -0.2) is 8.42 Å². The fraction of sp³-hybridized carbons (Fsp3) is 0.393. The molecule has 172 valence electrons. The maximum atomic E-state index is 12.3. The first kappa shape index (κ1) is 22.3. The lowest BCUT2D eigenvalue weighted by atomic mass is 9.80. The van der Waals surface area contributed by atoms with Crippen molar-refractivity contribution in [3.63, 3.8) is 0 Å². The normalized spacial score (nSPS) is 21.1. The van der Waals surface area contributed by atoms with Gasteiger partial charge < -0.3 is 5.11 Å². The van der Waals surface area contributed by atoms with Crippen molar-refractivity contribution in [3.05, 3.63) is 83.7 Å². The molecule has 33 heavy (non-hydrogen) atoms. The molecule has 1 N–H and O–H groups in total. The van der Waals surface area contributed by atoms with Crippen LogP contribution in [0.15, 0.2) is 71.8 Å². The smallest absolute Gasteiger partial charge is 0.180 e. The Hall–Kier alpha value is -2.50. The number of benzene rings is 2. The Labute approximate surface area is 196 Å². The van der Waals surface area contributed by atoms with Gasteiger partial charge in [-0.1, -0.05) is 55.7 Å². The van der Waals surface area contributed by atoms with Crippen molar-refractivity contribution in [2.75, 3.05) is 12.4 Å². The fourth-order valence-corrected chi connectivity index (χ4v) is 6.44. The van der Waals surface area contributed by atoms with E-state index in [9.17, 15) is 8.42 Å². The summed E-state index contributed by atoms with van der Waals surface area (Å²) in [7, 11) is -3.44. The third-order valence-electron chi connectivity index (χ3n) is 7.30. The Morgan fingerprint density at radius 2 is 1.61 bits per heavy atom. The van der Waals surface area contributed by atoms with E-state index in [2.05, 4.69) is 35.3 Å². The van der Waals surface area contributed by atoms with Crippen molar-refractivity contribution in [1.29, 1.82) is 0 Å². The summed E-state index contributed by atoms with van der Waals surface area (Å²) in [5.74, 6) is 1.37. The lowest BCUT2D eigenvalue weighted by Crippen LogP contribution is -2.09. The van der Waals surface area contributed by atoms with E-state index in [4.69, 9.17) is 5.11 Å². The predicted octanol–water partition coefficient (Wildman–Crippen LogP) is 5.83. The van der Waals surface area contributed by atoms with Crippen molar-refractivity contribution in [2.24, 2.45) is 0 Å². The Bertz CT molecular complexity index is 1200. The molecule has 5 heteroatoms. The molecule has 2 aromatic carbocycles. The summed E-state index contributed by atoms with van der Waals surface area (Å²) in [6, 6.07) is 20.1. The number of rotatable bonds is 7. The first-order chi connectivity index (χ1) is 16.1. The fourth-order valence-electron chi connectivity index (χ4n) is 5.41. The van der Waals surface area contributed by atoms with Crippen molar-refractivity contribution < 1.29 is 13.5 Å². The number of pyridine rings is 1. The number of sulfone groups is 1. The molecule has 0 amide bonds. The molecule has 0 saturated heterocycles. The highest BCUT2D eigenvalue weighted by atomic mass is 32.2. The third kappa shape index (κ3) is 4.75. The van der Waals surface area contributed by atoms with E-state index >= 15 is 0 Å². The van der Waals surface area contributed by atoms with Crippen molar-refractivity contribution in [1.82, 2.24) is 4.98 Å². The van der Waals surface area contributed by atoms with Crippen LogP contribution in [-0.4, -0.2) is 30.9 Å². The molecule has 0 spiro atoms. The zero-order valence-corrected chi connectivity index (χ0v) is 19.7. The summed E-state index contributed by atoms with van der Waals surface area (Å²) >= 11 is 0. The van der Waals surface area contributed by atoms with Crippen LogP contribution in [0.3, 0.4) is 0 Å². The van der Waals surface area contributed by atoms with E-state index in [1.54, 1.807) is 12.1 Å². The van der Waals surface area contributed by atoms with Gasteiger partial charge in [0.05, 0.1) is 17.3 Å². The molecule has 0 bridgehead atoms. The molecule has 0 radical (unpaired) electrons. The second-order valence-electron chi connectivity index (χ2n) is 9.45. The summed E-state index contributed by atoms with van der Waals surface area (Å²) in [6.45, 7) is -0.366. The molecular weight excluding hydrogens is 430 g/mol. The topological polar surface area (TPSA) is 67.3 Å².